The van der Waals surface area contributed by atoms with Gasteiger partial charge in [0.25, 0.3) is 10.0 Å². The zero-order valence-corrected chi connectivity index (χ0v) is 25.0. The number of amides is 1. The van der Waals surface area contributed by atoms with Crippen molar-refractivity contribution < 1.29 is 31.1 Å². The Morgan fingerprint density at radius 3 is 2.21 bits per heavy atom. The van der Waals surface area contributed by atoms with E-state index in [0.717, 1.165) is 18.4 Å². The first-order valence-electron chi connectivity index (χ1n) is 13.5. The molecule has 1 aromatic heterocycles. The van der Waals surface area contributed by atoms with Crippen LogP contribution in [-0.4, -0.2) is 67.6 Å². The van der Waals surface area contributed by atoms with E-state index in [4.69, 9.17) is 16.3 Å². The van der Waals surface area contributed by atoms with Gasteiger partial charge < -0.3 is 15.0 Å². The Labute approximate surface area is 252 Å². The van der Waals surface area contributed by atoms with Gasteiger partial charge in [0.15, 0.2) is 6.61 Å². The highest BCUT2D eigenvalue weighted by atomic mass is 35.5. The second kappa shape index (κ2) is 11.5. The van der Waals surface area contributed by atoms with Gasteiger partial charge in [-0.15, -0.1) is 0 Å². The van der Waals surface area contributed by atoms with Crippen LogP contribution in [0.5, 0.6) is 6.01 Å². The number of anilines is 1. The molecule has 3 aromatic rings. The first kappa shape index (κ1) is 31.0. The van der Waals surface area contributed by atoms with E-state index < -0.39 is 45.7 Å². The molecular weight excluding hydrogens is 609 g/mol. The quantitative estimate of drug-likeness (QED) is 0.299. The standard InChI is InChI=1S/C28H30ClF3N6O4S/c1-38(2)16-26(11-12-26)23(39)37-43(40,41)21-9-3-18(4-10-21)15-22-33-24(35-25(34-22)42-17-28(30,31)32)36-27(13-14-27)19-5-7-20(29)8-6-19/h3-10H,11-17H2,1-2H3,(H,37,39)(H,33,34,35,36). The minimum absolute atomic E-state index is 0.0447. The molecule has 5 rings (SSSR count). The number of alkyl halides is 3. The molecule has 2 N–H and O–H groups in total. The number of nitrogens with zero attached hydrogens (tertiary/aromatic N) is 4. The molecule has 230 valence electrons. The summed E-state index contributed by atoms with van der Waals surface area (Å²) < 4.78 is 71.4. The molecule has 0 radical (unpaired) electrons. The molecule has 1 amide bonds. The van der Waals surface area contributed by atoms with Gasteiger partial charge in [-0.05, 0) is 75.2 Å². The van der Waals surface area contributed by atoms with Crippen LogP contribution < -0.4 is 14.8 Å². The van der Waals surface area contributed by atoms with E-state index in [1.54, 1.807) is 12.1 Å². The van der Waals surface area contributed by atoms with Crippen molar-refractivity contribution in [3.8, 4) is 6.01 Å². The Hall–Kier alpha value is -3.49. The van der Waals surface area contributed by atoms with Crippen LogP contribution in [0, 0.1) is 5.41 Å². The van der Waals surface area contributed by atoms with Gasteiger partial charge >= 0.3 is 12.2 Å². The number of carbonyl (C=O) groups excluding carboxylic acids is 1. The average Bonchev–Trinajstić information content (AvgIpc) is 3.85. The second-order valence-corrected chi connectivity index (χ2v) is 13.4. The highest BCUT2D eigenvalue weighted by Crippen LogP contribution is 2.48. The summed E-state index contributed by atoms with van der Waals surface area (Å²) in [6.45, 7) is -1.13. The fourth-order valence-electron chi connectivity index (χ4n) is 4.81. The molecule has 2 fully saturated rings. The predicted octanol–water partition coefficient (Wildman–Crippen LogP) is 4.30. The summed E-state index contributed by atoms with van der Waals surface area (Å²) >= 11 is 6.01. The van der Waals surface area contributed by atoms with Crippen LogP contribution in [0.3, 0.4) is 0 Å². The summed E-state index contributed by atoms with van der Waals surface area (Å²) in [4.78, 5) is 27.0. The van der Waals surface area contributed by atoms with E-state index in [-0.39, 0.29) is 23.1 Å². The van der Waals surface area contributed by atoms with Crippen molar-refractivity contribution in [1.29, 1.82) is 0 Å². The maximum Gasteiger partial charge on any atom is 0.422 e. The van der Waals surface area contributed by atoms with Crippen LogP contribution in [0.4, 0.5) is 19.1 Å². The monoisotopic (exact) mass is 638 g/mol. The number of halogens is 4. The number of ether oxygens (including phenoxy) is 1. The first-order valence-corrected chi connectivity index (χ1v) is 15.3. The molecule has 2 aliphatic rings. The largest absolute Gasteiger partial charge is 0.454 e. The molecule has 0 saturated heterocycles. The van der Waals surface area contributed by atoms with Gasteiger partial charge in [0.2, 0.25) is 11.9 Å². The third-order valence-corrected chi connectivity index (χ3v) is 8.90. The van der Waals surface area contributed by atoms with E-state index in [0.29, 0.717) is 30.0 Å². The summed E-state index contributed by atoms with van der Waals surface area (Å²) in [5.74, 6) is -0.373. The van der Waals surface area contributed by atoms with E-state index in [2.05, 4.69) is 25.0 Å². The summed E-state index contributed by atoms with van der Waals surface area (Å²) in [6, 6.07) is 12.5. The van der Waals surface area contributed by atoms with Crippen molar-refractivity contribution in [3.05, 3.63) is 70.5 Å². The topological polar surface area (TPSA) is 126 Å². The van der Waals surface area contributed by atoms with Crippen molar-refractivity contribution in [2.24, 2.45) is 5.41 Å². The normalized spacial score (nSPS) is 16.9. The van der Waals surface area contributed by atoms with Crippen molar-refractivity contribution in [3.63, 3.8) is 0 Å². The number of rotatable bonds is 12. The zero-order valence-electron chi connectivity index (χ0n) is 23.4. The molecule has 0 bridgehead atoms. The summed E-state index contributed by atoms with van der Waals surface area (Å²) in [7, 11) is -0.468. The fraction of sp³-hybridized carbons (Fsp3) is 0.429. The number of nitrogens with one attached hydrogen (secondary N) is 2. The maximum absolute atomic E-state index is 12.9. The van der Waals surface area contributed by atoms with E-state index in [1.165, 1.54) is 24.3 Å². The second-order valence-electron chi connectivity index (χ2n) is 11.2. The van der Waals surface area contributed by atoms with Crippen LogP contribution in [0.1, 0.15) is 42.6 Å². The Morgan fingerprint density at radius 2 is 1.65 bits per heavy atom. The Balaban J connectivity index is 1.33. The molecule has 1 heterocycles. The van der Waals surface area contributed by atoms with Crippen molar-refractivity contribution >= 4 is 33.5 Å². The molecule has 0 unspecified atom stereocenters. The lowest BCUT2D eigenvalue weighted by atomic mass is 10.1. The Morgan fingerprint density at radius 1 is 1.00 bits per heavy atom. The van der Waals surface area contributed by atoms with Crippen LogP contribution in [0.15, 0.2) is 53.4 Å². The SMILES string of the molecule is CN(C)CC1(C(=O)NS(=O)(=O)c2ccc(Cc3nc(NC4(c5ccc(Cl)cc5)CC4)nc(OCC(F)(F)F)n3)cc2)CC1. The van der Waals surface area contributed by atoms with E-state index in [9.17, 15) is 26.4 Å². The van der Waals surface area contributed by atoms with E-state index >= 15 is 0 Å². The lowest BCUT2D eigenvalue weighted by Crippen LogP contribution is -2.41. The highest BCUT2D eigenvalue weighted by molar-refractivity contribution is 7.90. The third kappa shape index (κ3) is 7.73. The number of aromatic nitrogens is 3. The average molecular weight is 639 g/mol. The molecule has 2 aliphatic carbocycles. The molecule has 2 saturated carbocycles. The minimum atomic E-state index is -4.59. The predicted molar refractivity (Wildman–Crippen MR) is 152 cm³/mol. The van der Waals surface area contributed by atoms with Crippen LogP contribution in [0.2, 0.25) is 5.02 Å². The summed E-state index contributed by atoms with van der Waals surface area (Å²) in [5, 5.41) is 3.79. The smallest absolute Gasteiger partial charge is 0.422 e. The fourth-order valence-corrected chi connectivity index (χ4v) is 6.01. The lowest BCUT2D eigenvalue weighted by molar-refractivity contribution is -0.154. The molecule has 43 heavy (non-hydrogen) atoms. The lowest BCUT2D eigenvalue weighted by Gasteiger charge is -2.19. The van der Waals surface area contributed by atoms with Crippen molar-refractivity contribution in [2.75, 3.05) is 32.6 Å². The number of sulfonamides is 1. The molecule has 10 nitrogen and oxygen atoms in total. The molecule has 0 spiro atoms. The van der Waals surface area contributed by atoms with Crippen LogP contribution in [0.25, 0.3) is 0 Å². The van der Waals surface area contributed by atoms with Crippen LogP contribution >= 0.6 is 11.6 Å². The number of hydrogen-bond donors (Lipinski definition) is 2. The van der Waals surface area contributed by atoms with Gasteiger partial charge in [0.1, 0.15) is 5.82 Å². The van der Waals surface area contributed by atoms with E-state index in [1.807, 2.05) is 31.1 Å². The Kier molecular flexibility index (Phi) is 8.31. The molecule has 15 heteroatoms. The van der Waals surface area contributed by atoms with Gasteiger partial charge in [-0.25, -0.2) is 13.1 Å². The van der Waals surface area contributed by atoms with Gasteiger partial charge in [0.05, 0.1) is 15.8 Å². The molecule has 0 atom stereocenters. The zero-order chi connectivity index (χ0) is 31.0. The van der Waals surface area contributed by atoms with Gasteiger partial charge in [0, 0.05) is 18.0 Å². The van der Waals surface area contributed by atoms with Gasteiger partial charge in [-0.2, -0.15) is 28.1 Å². The summed E-state index contributed by atoms with van der Waals surface area (Å²) in [5.41, 5.74) is 0.292. The number of hydrogen-bond acceptors (Lipinski definition) is 9. The maximum atomic E-state index is 12.9. The molecule has 2 aromatic carbocycles. The molecule has 0 aliphatic heterocycles. The number of benzene rings is 2. The first-order chi connectivity index (χ1) is 20.2. The Bertz CT molecular complexity index is 1590. The summed E-state index contributed by atoms with van der Waals surface area (Å²) in [6.07, 6.45) is -1.82. The third-order valence-electron chi connectivity index (χ3n) is 7.30. The highest BCUT2D eigenvalue weighted by Gasteiger charge is 2.51. The van der Waals surface area contributed by atoms with Gasteiger partial charge in [-0.1, -0.05) is 35.9 Å². The number of carbonyl (C=O) groups is 1. The van der Waals surface area contributed by atoms with Crippen molar-refractivity contribution in [2.45, 2.75) is 48.7 Å². The minimum Gasteiger partial charge on any atom is -0.454 e. The molecular formula is C28H30ClF3N6O4S. The van der Waals surface area contributed by atoms with Crippen LogP contribution in [-0.2, 0) is 26.8 Å². The van der Waals surface area contributed by atoms with Gasteiger partial charge in [-0.3, -0.25) is 4.79 Å². The van der Waals surface area contributed by atoms with Crippen molar-refractivity contribution in [1.82, 2.24) is 24.6 Å².